The number of unbranched alkanes of at least 4 members (excludes halogenated alkanes) is 3. The molecular weight excluding hydrogens is 182 g/mol. The van der Waals surface area contributed by atoms with Crippen molar-refractivity contribution in [3.05, 3.63) is 0 Å². The average Bonchev–Trinajstić information content (AvgIpc) is 3.06. The Labute approximate surface area is 96.0 Å². The summed E-state index contributed by atoms with van der Waals surface area (Å²) in [4.78, 5) is 0. The molecule has 1 unspecified atom stereocenters. The van der Waals surface area contributed by atoms with E-state index in [1.807, 2.05) is 0 Å². The second-order valence-electron chi connectivity index (χ2n) is 5.63. The zero-order chi connectivity index (χ0) is 11.1. The molecule has 0 aromatic heterocycles. The van der Waals surface area contributed by atoms with Gasteiger partial charge < -0.3 is 5.32 Å². The van der Waals surface area contributed by atoms with Gasteiger partial charge in [0, 0.05) is 12.6 Å². The van der Waals surface area contributed by atoms with E-state index in [4.69, 9.17) is 0 Å². The number of nitrogens with one attached hydrogen (secondary N) is 1. The highest BCUT2D eigenvalue weighted by atomic mass is 15.0. The second-order valence-corrected chi connectivity index (χ2v) is 5.63. The van der Waals surface area contributed by atoms with Crippen LogP contribution in [0.3, 0.4) is 0 Å². The first-order valence-electron chi connectivity index (χ1n) is 6.93. The van der Waals surface area contributed by atoms with Crippen molar-refractivity contribution in [1.29, 1.82) is 0 Å². The molecule has 1 saturated carbocycles. The second kappa shape index (κ2) is 6.52. The van der Waals surface area contributed by atoms with Crippen LogP contribution in [0.4, 0.5) is 0 Å². The minimum absolute atomic E-state index is 0.552. The summed E-state index contributed by atoms with van der Waals surface area (Å²) in [5.41, 5.74) is 0.552. The van der Waals surface area contributed by atoms with Crippen molar-refractivity contribution >= 4 is 0 Å². The summed E-state index contributed by atoms with van der Waals surface area (Å²) in [5.74, 6) is 0. The van der Waals surface area contributed by atoms with Gasteiger partial charge in [-0.15, -0.1) is 0 Å². The fourth-order valence-electron chi connectivity index (χ4n) is 2.05. The third-order valence-electron chi connectivity index (χ3n) is 3.88. The Morgan fingerprint density at radius 2 is 1.87 bits per heavy atom. The van der Waals surface area contributed by atoms with Gasteiger partial charge in [0.05, 0.1) is 0 Å². The molecule has 0 aromatic rings. The molecule has 1 N–H and O–H groups in total. The van der Waals surface area contributed by atoms with Crippen LogP contribution in [0.2, 0.25) is 0 Å². The molecule has 0 aliphatic heterocycles. The lowest BCUT2D eigenvalue weighted by atomic mass is 9.82. The summed E-state index contributed by atoms with van der Waals surface area (Å²) in [6, 6.07) is 0.867. The van der Waals surface area contributed by atoms with E-state index in [0.717, 1.165) is 6.04 Å². The van der Waals surface area contributed by atoms with Gasteiger partial charge in [-0.25, -0.2) is 0 Å². The Kier molecular flexibility index (Phi) is 5.66. The van der Waals surface area contributed by atoms with E-state index in [2.05, 4.69) is 26.1 Å². The topological polar surface area (TPSA) is 12.0 Å². The molecule has 90 valence electrons. The normalized spacial score (nSPS) is 20.2. The van der Waals surface area contributed by atoms with Crippen LogP contribution in [0.1, 0.15) is 72.1 Å². The van der Waals surface area contributed by atoms with Crippen LogP contribution in [-0.2, 0) is 0 Å². The van der Waals surface area contributed by atoms with Crippen LogP contribution in [0, 0.1) is 5.41 Å². The van der Waals surface area contributed by atoms with Crippen LogP contribution >= 0.6 is 0 Å². The maximum Gasteiger partial charge on any atom is 0.00684 e. The number of hydrogen-bond acceptors (Lipinski definition) is 1. The summed E-state index contributed by atoms with van der Waals surface area (Å²) < 4.78 is 0. The zero-order valence-corrected chi connectivity index (χ0v) is 10.9. The highest BCUT2D eigenvalue weighted by Gasteiger charge is 2.26. The van der Waals surface area contributed by atoms with Crippen LogP contribution in [0.5, 0.6) is 0 Å². The van der Waals surface area contributed by atoms with Crippen molar-refractivity contribution in [2.45, 2.75) is 78.2 Å². The number of hydrogen-bond donors (Lipinski definition) is 1. The maximum absolute atomic E-state index is 3.69. The summed E-state index contributed by atoms with van der Waals surface area (Å²) >= 11 is 0. The van der Waals surface area contributed by atoms with Crippen LogP contribution in [0.25, 0.3) is 0 Å². The minimum Gasteiger partial charge on any atom is -0.313 e. The van der Waals surface area contributed by atoms with Gasteiger partial charge in [-0.2, -0.15) is 0 Å². The Morgan fingerprint density at radius 3 is 2.40 bits per heavy atom. The van der Waals surface area contributed by atoms with E-state index < -0.39 is 0 Å². The Bertz CT molecular complexity index is 163. The molecule has 1 nitrogen and oxygen atoms in total. The summed E-state index contributed by atoms with van der Waals surface area (Å²) in [5, 5.41) is 3.69. The molecule has 0 radical (unpaired) electrons. The van der Waals surface area contributed by atoms with Crippen LogP contribution in [-0.4, -0.2) is 12.6 Å². The molecule has 1 fully saturated rings. The van der Waals surface area contributed by atoms with E-state index in [-0.39, 0.29) is 0 Å². The van der Waals surface area contributed by atoms with Gasteiger partial charge in [0.1, 0.15) is 0 Å². The fraction of sp³-hybridized carbons (Fsp3) is 1.00. The molecule has 0 amide bonds. The van der Waals surface area contributed by atoms with Gasteiger partial charge >= 0.3 is 0 Å². The van der Waals surface area contributed by atoms with Gasteiger partial charge in [0.15, 0.2) is 0 Å². The molecular formula is C14H29N. The zero-order valence-electron chi connectivity index (χ0n) is 10.9. The summed E-state index contributed by atoms with van der Waals surface area (Å²) in [6.07, 6.45) is 11.2. The Hall–Kier alpha value is -0.0400. The quantitative estimate of drug-likeness (QED) is 0.566. The molecule has 0 heterocycles. The number of rotatable bonds is 9. The smallest absolute Gasteiger partial charge is 0.00684 e. The van der Waals surface area contributed by atoms with Crippen molar-refractivity contribution in [3.63, 3.8) is 0 Å². The van der Waals surface area contributed by atoms with Crippen molar-refractivity contribution in [2.24, 2.45) is 5.41 Å². The molecule has 0 aromatic carbocycles. The standard InChI is InChI=1S/C14H29N/c1-4-6-7-8-11-14(3,5-2)12-15-13-9-10-13/h13,15H,4-12H2,1-3H3. The van der Waals surface area contributed by atoms with Crippen LogP contribution < -0.4 is 5.32 Å². The Morgan fingerprint density at radius 1 is 1.13 bits per heavy atom. The largest absolute Gasteiger partial charge is 0.313 e. The maximum atomic E-state index is 3.69. The average molecular weight is 211 g/mol. The fourth-order valence-corrected chi connectivity index (χ4v) is 2.05. The van der Waals surface area contributed by atoms with E-state index in [1.165, 1.54) is 57.9 Å². The van der Waals surface area contributed by atoms with Gasteiger partial charge in [0.25, 0.3) is 0 Å². The van der Waals surface area contributed by atoms with E-state index in [9.17, 15) is 0 Å². The molecule has 1 aliphatic carbocycles. The third kappa shape index (κ3) is 5.55. The van der Waals surface area contributed by atoms with Gasteiger partial charge in [-0.1, -0.05) is 46.5 Å². The predicted molar refractivity (Wildman–Crippen MR) is 68.2 cm³/mol. The SMILES string of the molecule is CCCCCCC(C)(CC)CNC1CC1. The highest BCUT2D eigenvalue weighted by molar-refractivity contribution is 4.85. The lowest BCUT2D eigenvalue weighted by Gasteiger charge is -2.28. The van der Waals surface area contributed by atoms with Gasteiger partial charge in [-0.3, -0.25) is 0 Å². The molecule has 1 heteroatoms. The first-order chi connectivity index (χ1) is 7.20. The van der Waals surface area contributed by atoms with E-state index in [0.29, 0.717) is 5.41 Å². The van der Waals surface area contributed by atoms with Crippen LogP contribution in [0.15, 0.2) is 0 Å². The predicted octanol–water partition coefficient (Wildman–Crippen LogP) is 4.13. The molecule has 15 heavy (non-hydrogen) atoms. The monoisotopic (exact) mass is 211 g/mol. The van der Waals surface area contributed by atoms with Crippen molar-refractivity contribution < 1.29 is 0 Å². The van der Waals surface area contributed by atoms with E-state index in [1.54, 1.807) is 0 Å². The minimum atomic E-state index is 0.552. The molecule has 0 spiro atoms. The van der Waals surface area contributed by atoms with Crippen molar-refractivity contribution in [1.82, 2.24) is 5.32 Å². The first-order valence-corrected chi connectivity index (χ1v) is 6.93. The molecule has 0 saturated heterocycles. The molecule has 1 rings (SSSR count). The third-order valence-corrected chi connectivity index (χ3v) is 3.88. The summed E-state index contributed by atoms with van der Waals surface area (Å²) in [7, 11) is 0. The van der Waals surface area contributed by atoms with Crippen molar-refractivity contribution in [2.75, 3.05) is 6.54 Å². The van der Waals surface area contributed by atoms with E-state index >= 15 is 0 Å². The Balaban J connectivity index is 2.11. The van der Waals surface area contributed by atoms with Crippen molar-refractivity contribution in [3.8, 4) is 0 Å². The van der Waals surface area contributed by atoms with Gasteiger partial charge in [-0.05, 0) is 31.1 Å². The molecule has 1 aliphatic rings. The molecule has 1 atom stereocenters. The lowest BCUT2D eigenvalue weighted by Crippen LogP contribution is -2.32. The first kappa shape index (κ1) is 13.0. The highest BCUT2D eigenvalue weighted by Crippen LogP contribution is 2.29. The molecule has 0 bridgehead atoms. The lowest BCUT2D eigenvalue weighted by molar-refractivity contribution is 0.258. The summed E-state index contributed by atoms with van der Waals surface area (Å²) in [6.45, 7) is 8.32. The van der Waals surface area contributed by atoms with Gasteiger partial charge in [0.2, 0.25) is 0 Å².